The molecule has 4 aliphatic heterocycles. The van der Waals surface area contributed by atoms with Gasteiger partial charge in [-0.15, -0.1) is 0 Å². The summed E-state index contributed by atoms with van der Waals surface area (Å²) in [6, 6.07) is 28.7. The van der Waals surface area contributed by atoms with E-state index in [0.717, 1.165) is 59.0 Å². The lowest BCUT2D eigenvalue weighted by atomic mass is 10.0. The second-order valence-corrected chi connectivity index (χ2v) is 19.8. The Morgan fingerprint density at radius 1 is 0.702 bits per heavy atom. The standard InChI is InChI=1S/C23H28N2O4S.C20H23BrN2O3S/c1-2-3-6-18-9-11-21(12-10-18)30(27,28)24-15-13-20(14-16-24)25-22-8-5-4-7-19(22)17-29-23(25)26;1-15-12-18(6-7-19(15)21)27(24,25)22-10-8-17(9-11-22)23-14-26-13-16-4-2-3-5-20(16)23/h4-5,7-12,20H,2-3,6,13-17H2,1H3;2-7,12,17H,8-11,13-14H2,1H3. The molecule has 0 bridgehead atoms. The second kappa shape index (κ2) is 18.0. The Morgan fingerprint density at radius 2 is 1.26 bits per heavy atom. The Bertz CT molecular complexity index is 2260. The number of benzene rings is 4. The van der Waals surface area contributed by atoms with Crippen molar-refractivity contribution in [1.29, 1.82) is 0 Å². The van der Waals surface area contributed by atoms with Crippen molar-refractivity contribution in [2.75, 3.05) is 42.7 Å². The summed E-state index contributed by atoms with van der Waals surface area (Å²) in [4.78, 5) is 17.1. The number of unbranched alkanes of at least 4 members (excludes halogenated alkanes) is 1. The number of para-hydroxylation sites is 2. The van der Waals surface area contributed by atoms with Gasteiger partial charge >= 0.3 is 6.09 Å². The van der Waals surface area contributed by atoms with E-state index in [-0.39, 0.29) is 18.7 Å². The van der Waals surface area contributed by atoms with Crippen LogP contribution < -0.4 is 9.80 Å². The van der Waals surface area contributed by atoms with Gasteiger partial charge in [-0.1, -0.05) is 77.8 Å². The number of anilines is 2. The smallest absolute Gasteiger partial charge is 0.414 e. The number of rotatable bonds is 9. The number of fused-ring (bicyclic) bond motifs is 2. The average Bonchev–Trinajstić information content (AvgIpc) is 3.24. The molecule has 0 radical (unpaired) electrons. The summed E-state index contributed by atoms with van der Waals surface area (Å²) in [5, 5.41) is 0. The summed E-state index contributed by atoms with van der Waals surface area (Å²) >= 11 is 3.43. The quantitative estimate of drug-likeness (QED) is 0.165. The number of ether oxygens (including phenoxy) is 2. The molecule has 4 aromatic rings. The van der Waals surface area contributed by atoms with Gasteiger partial charge in [-0.3, -0.25) is 4.90 Å². The van der Waals surface area contributed by atoms with Gasteiger partial charge < -0.3 is 14.4 Å². The minimum Gasteiger partial charge on any atom is -0.444 e. The zero-order valence-electron chi connectivity index (χ0n) is 32.6. The molecule has 0 aliphatic carbocycles. The molecule has 14 heteroatoms. The molecular formula is C43H51BrN4O7S2. The Morgan fingerprint density at radius 3 is 1.89 bits per heavy atom. The Balaban J connectivity index is 0.000000175. The summed E-state index contributed by atoms with van der Waals surface area (Å²) in [6.07, 6.45) is 5.59. The van der Waals surface area contributed by atoms with E-state index >= 15 is 0 Å². The van der Waals surface area contributed by atoms with Gasteiger partial charge in [-0.25, -0.2) is 21.6 Å². The predicted molar refractivity (Wildman–Crippen MR) is 225 cm³/mol. The van der Waals surface area contributed by atoms with Crippen molar-refractivity contribution in [3.05, 3.63) is 118 Å². The number of nitrogens with zero attached hydrogens (tertiary/aromatic N) is 4. The highest BCUT2D eigenvalue weighted by atomic mass is 79.9. The Hall–Kier alpha value is -3.79. The maximum Gasteiger partial charge on any atom is 0.414 e. The maximum absolute atomic E-state index is 13.1. The number of cyclic esters (lactones) is 1. The highest BCUT2D eigenvalue weighted by Gasteiger charge is 2.37. The fourth-order valence-corrected chi connectivity index (χ4v) is 11.4. The van der Waals surface area contributed by atoms with E-state index in [1.54, 1.807) is 39.5 Å². The lowest BCUT2D eigenvalue weighted by molar-refractivity contribution is 0.0988. The van der Waals surface area contributed by atoms with Crippen LogP contribution in [0.25, 0.3) is 0 Å². The molecule has 0 aromatic heterocycles. The predicted octanol–water partition coefficient (Wildman–Crippen LogP) is 8.24. The summed E-state index contributed by atoms with van der Waals surface area (Å²) in [5.74, 6) is 0. The molecular weight excluding hydrogens is 829 g/mol. The first-order valence-corrected chi connectivity index (χ1v) is 23.5. The van der Waals surface area contributed by atoms with Crippen LogP contribution in [0.1, 0.15) is 67.7 Å². The van der Waals surface area contributed by atoms with Crippen LogP contribution in [0.2, 0.25) is 0 Å². The van der Waals surface area contributed by atoms with Crippen molar-refractivity contribution < 1.29 is 31.1 Å². The molecule has 11 nitrogen and oxygen atoms in total. The molecule has 2 fully saturated rings. The molecule has 0 unspecified atom stereocenters. The third-order valence-electron chi connectivity index (χ3n) is 11.4. The van der Waals surface area contributed by atoms with E-state index in [4.69, 9.17) is 9.47 Å². The second-order valence-electron chi connectivity index (χ2n) is 15.1. The molecule has 1 amide bonds. The van der Waals surface area contributed by atoms with Crippen molar-refractivity contribution in [3.63, 3.8) is 0 Å². The van der Waals surface area contributed by atoms with E-state index in [1.807, 2.05) is 55.5 Å². The van der Waals surface area contributed by atoms with E-state index in [1.165, 1.54) is 15.6 Å². The number of hydrogen-bond donors (Lipinski definition) is 0. The zero-order chi connectivity index (χ0) is 40.2. The Kier molecular flexibility index (Phi) is 13.1. The van der Waals surface area contributed by atoms with Gasteiger partial charge in [0.2, 0.25) is 20.0 Å². The lowest BCUT2D eigenvalue weighted by Crippen LogP contribution is -2.50. The zero-order valence-corrected chi connectivity index (χ0v) is 35.8. The summed E-state index contributed by atoms with van der Waals surface area (Å²) < 4.78 is 67.3. The van der Waals surface area contributed by atoms with Crippen LogP contribution >= 0.6 is 15.9 Å². The maximum atomic E-state index is 13.1. The van der Waals surface area contributed by atoms with Crippen LogP contribution in [-0.2, 0) is 49.2 Å². The highest BCUT2D eigenvalue weighted by Crippen LogP contribution is 2.34. The van der Waals surface area contributed by atoms with E-state index in [9.17, 15) is 21.6 Å². The summed E-state index contributed by atoms with van der Waals surface area (Å²) in [6.45, 7) is 7.37. The number of amides is 1. The number of aryl methyl sites for hydroxylation is 2. The summed E-state index contributed by atoms with van der Waals surface area (Å²) in [7, 11) is -6.98. The molecule has 2 saturated heterocycles. The highest BCUT2D eigenvalue weighted by molar-refractivity contribution is 9.10. The van der Waals surface area contributed by atoms with Crippen molar-refractivity contribution in [3.8, 4) is 0 Å². The SMILES string of the molecule is CCCCc1ccc(S(=O)(=O)N2CCC(N3C(=O)OCc4ccccc43)CC2)cc1.Cc1cc(S(=O)(=O)N2CCC(N3COCc4ccccc43)CC2)ccc1Br. The van der Waals surface area contributed by atoms with Crippen LogP contribution in [0, 0.1) is 6.92 Å². The molecule has 0 saturated carbocycles. The monoisotopic (exact) mass is 878 g/mol. The minimum atomic E-state index is -3.53. The third kappa shape index (κ3) is 9.11. The minimum absolute atomic E-state index is 0.0678. The molecule has 4 heterocycles. The average molecular weight is 880 g/mol. The largest absolute Gasteiger partial charge is 0.444 e. The molecule has 0 atom stereocenters. The number of hydrogen-bond acceptors (Lipinski definition) is 8. The molecule has 304 valence electrons. The van der Waals surface area contributed by atoms with Gasteiger partial charge in [0.15, 0.2) is 0 Å². The van der Waals surface area contributed by atoms with Crippen molar-refractivity contribution in [1.82, 2.24) is 8.61 Å². The van der Waals surface area contributed by atoms with Crippen LogP contribution in [0.15, 0.2) is 105 Å². The van der Waals surface area contributed by atoms with E-state index in [2.05, 4.69) is 39.9 Å². The molecule has 0 spiro atoms. The van der Waals surface area contributed by atoms with Crippen LogP contribution in [-0.4, -0.2) is 76.5 Å². The van der Waals surface area contributed by atoms with Crippen LogP contribution in [0.3, 0.4) is 0 Å². The van der Waals surface area contributed by atoms with Gasteiger partial charge in [0.05, 0.1) is 22.1 Å². The van der Waals surface area contributed by atoms with Gasteiger partial charge in [0.25, 0.3) is 0 Å². The fourth-order valence-electron chi connectivity index (χ4n) is 8.08. The van der Waals surface area contributed by atoms with Gasteiger partial charge in [0, 0.05) is 59.5 Å². The number of carbonyl (C=O) groups excluding carboxylic acids is 1. The molecule has 0 N–H and O–H groups in total. The van der Waals surface area contributed by atoms with Crippen molar-refractivity contribution >= 4 is 53.4 Å². The van der Waals surface area contributed by atoms with Crippen LogP contribution in [0.5, 0.6) is 0 Å². The van der Waals surface area contributed by atoms with Gasteiger partial charge in [0.1, 0.15) is 13.3 Å². The number of sulfonamides is 2. The molecule has 57 heavy (non-hydrogen) atoms. The summed E-state index contributed by atoms with van der Waals surface area (Å²) in [5.41, 5.74) is 6.36. The first-order valence-electron chi connectivity index (χ1n) is 19.8. The number of piperidine rings is 2. The molecule has 8 rings (SSSR count). The van der Waals surface area contributed by atoms with Gasteiger partial charge in [-0.2, -0.15) is 8.61 Å². The number of halogens is 1. The van der Waals surface area contributed by atoms with Crippen LogP contribution in [0.4, 0.5) is 16.2 Å². The first kappa shape index (κ1) is 41.4. The normalized spacial score (nSPS) is 18.6. The first-order chi connectivity index (χ1) is 27.5. The van der Waals surface area contributed by atoms with E-state index in [0.29, 0.717) is 68.2 Å². The van der Waals surface area contributed by atoms with Gasteiger partial charge in [-0.05, 0) is 99.0 Å². The Labute approximate surface area is 345 Å². The fraction of sp³-hybridized carbons (Fsp3) is 0.419. The van der Waals surface area contributed by atoms with Crippen molar-refractivity contribution in [2.24, 2.45) is 0 Å². The van der Waals surface area contributed by atoms with E-state index < -0.39 is 20.0 Å². The topological polar surface area (TPSA) is 117 Å². The molecule has 4 aliphatic rings. The lowest BCUT2D eigenvalue weighted by Gasteiger charge is -2.41. The number of carbonyl (C=O) groups is 1. The third-order valence-corrected chi connectivity index (χ3v) is 16.1. The van der Waals surface area contributed by atoms with Crippen molar-refractivity contribution in [2.45, 2.75) is 93.9 Å². The molecule has 4 aromatic carbocycles.